The summed E-state index contributed by atoms with van der Waals surface area (Å²) in [6.07, 6.45) is 10.0. The molecule has 0 aromatic carbocycles. The molecular weight excluding hydrogens is 120 g/mol. The highest BCUT2D eigenvalue weighted by molar-refractivity contribution is 5.16. The van der Waals surface area contributed by atoms with Gasteiger partial charge < -0.3 is 0 Å². The highest BCUT2D eigenvalue weighted by Crippen LogP contribution is 2.34. The fourth-order valence-electron chi connectivity index (χ4n) is 1.17. The molecule has 0 saturated heterocycles. The zero-order valence-corrected chi connectivity index (χ0v) is 7.09. The molecule has 0 fully saturated rings. The van der Waals surface area contributed by atoms with Crippen LogP contribution in [0, 0.1) is 11.3 Å². The van der Waals surface area contributed by atoms with Crippen molar-refractivity contribution in [3.63, 3.8) is 0 Å². The summed E-state index contributed by atoms with van der Waals surface area (Å²) in [4.78, 5) is 0. The maximum absolute atomic E-state index is 2.32. The molecule has 1 atom stereocenters. The second kappa shape index (κ2) is 2.61. The van der Waals surface area contributed by atoms with E-state index in [0.29, 0.717) is 5.41 Å². The molecule has 56 valence electrons. The molecule has 0 amide bonds. The van der Waals surface area contributed by atoms with Crippen molar-refractivity contribution in [2.24, 2.45) is 11.3 Å². The summed E-state index contributed by atoms with van der Waals surface area (Å²) >= 11 is 0. The minimum absolute atomic E-state index is 0.411. The molecule has 0 unspecified atom stereocenters. The summed E-state index contributed by atoms with van der Waals surface area (Å²) in [5.41, 5.74) is 0.411. The van der Waals surface area contributed by atoms with Crippen LogP contribution in [0.3, 0.4) is 0 Å². The molecule has 10 heavy (non-hydrogen) atoms. The van der Waals surface area contributed by atoms with Gasteiger partial charge in [-0.15, -0.1) is 0 Å². The second-order valence-electron chi connectivity index (χ2n) is 3.65. The van der Waals surface area contributed by atoms with Gasteiger partial charge in [0.2, 0.25) is 0 Å². The fraction of sp³-hybridized carbons (Fsp3) is 0.600. The van der Waals surface area contributed by atoms with E-state index in [-0.39, 0.29) is 0 Å². The van der Waals surface area contributed by atoms with E-state index in [4.69, 9.17) is 0 Å². The Morgan fingerprint density at radius 1 is 1.30 bits per heavy atom. The molecule has 0 heterocycles. The molecule has 0 bridgehead atoms. The van der Waals surface area contributed by atoms with Gasteiger partial charge in [-0.25, -0.2) is 0 Å². The van der Waals surface area contributed by atoms with Crippen molar-refractivity contribution in [3.8, 4) is 0 Å². The van der Waals surface area contributed by atoms with Gasteiger partial charge >= 0.3 is 0 Å². The molecule has 0 aromatic rings. The van der Waals surface area contributed by atoms with E-state index in [1.165, 1.54) is 6.42 Å². The minimum Gasteiger partial charge on any atom is -0.0837 e. The average molecular weight is 136 g/mol. The van der Waals surface area contributed by atoms with Crippen molar-refractivity contribution in [2.75, 3.05) is 0 Å². The summed E-state index contributed by atoms with van der Waals surface area (Å²) in [5.74, 6) is 0.744. The Bertz CT molecular complexity index is 163. The van der Waals surface area contributed by atoms with Crippen LogP contribution in [-0.2, 0) is 0 Å². The number of hydrogen-bond donors (Lipinski definition) is 0. The third-order valence-corrected chi connectivity index (χ3v) is 2.60. The Morgan fingerprint density at radius 2 is 2.00 bits per heavy atom. The van der Waals surface area contributed by atoms with Crippen LogP contribution in [0.15, 0.2) is 24.3 Å². The van der Waals surface area contributed by atoms with Gasteiger partial charge in [0.1, 0.15) is 0 Å². The summed E-state index contributed by atoms with van der Waals surface area (Å²) in [5, 5.41) is 0. The maximum atomic E-state index is 2.32. The van der Waals surface area contributed by atoms with Gasteiger partial charge in [-0.1, -0.05) is 45.1 Å². The molecule has 0 aliphatic heterocycles. The minimum atomic E-state index is 0.411. The molecule has 0 saturated carbocycles. The monoisotopic (exact) mass is 136 g/mol. The Labute approximate surface area is 63.6 Å². The van der Waals surface area contributed by atoms with Gasteiger partial charge in [-0.05, 0) is 17.8 Å². The molecule has 1 rings (SSSR count). The van der Waals surface area contributed by atoms with Crippen LogP contribution in [-0.4, -0.2) is 0 Å². The van der Waals surface area contributed by atoms with Crippen molar-refractivity contribution < 1.29 is 0 Å². The van der Waals surface area contributed by atoms with Crippen molar-refractivity contribution in [1.29, 1.82) is 0 Å². The van der Waals surface area contributed by atoms with Gasteiger partial charge in [0.05, 0.1) is 0 Å². The molecule has 0 heteroatoms. The first kappa shape index (κ1) is 7.59. The van der Waals surface area contributed by atoms with Gasteiger partial charge in [-0.3, -0.25) is 0 Å². The summed E-state index contributed by atoms with van der Waals surface area (Å²) in [6, 6.07) is 0. The largest absolute Gasteiger partial charge is 0.0837 e. The van der Waals surface area contributed by atoms with Crippen molar-refractivity contribution in [3.05, 3.63) is 24.3 Å². The standard InChI is InChI=1S/C10H16/c1-9(2)10(3)7-5-4-6-8-10/h4-7,9H,8H2,1-3H3/t10-/m1/s1. The fourth-order valence-corrected chi connectivity index (χ4v) is 1.17. The van der Waals surface area contributed by atoms with E-state index in [1.54, 1.807) is 0 Å². The molecule has 0 spiro atoms. The Morgan fingerprint density at radius 3 is 2.30 bits per heavy atom. The lowest BCUT2D eigenvalue weighted by atomic mass is 9.74. The summed E-state index contributed by atoms with van der Waals surface area (Å²) < 4.78 is 0. The SMILES string of the molecule is CC(C)[C@]1(C)C=CC=CC1. The highest BCUT2D eigenvalue weighted by Gasteiger charge is 2.24. The van der Waals surface area contributed by atoms with Crippen LogP contribution in [0.1, 0.15) is 27.2 Å². The van der Waals surface area contributed by atoms with Gasteiger partial charge in [0, 0.05) is 0 Å². The molecule has 1 aliphatic carbocycles. The lowest BCUT2D eigenvalue weighted by Crippen LogP contribution is -2.20. The first-order chi connectivity index (χ1) is 4.65. The van der Waals surface area contributed by atoms with Gasteiger partial charge in [-0.2, -0.15) is 0 Å². The van der Waals surface area contributed by atoms with Gasteiger partial charge in [0.15, 0.2) is 0 Å². The first-order valence-electron chi connectivity index (χ1n) is 3.99. The van der Waals surface area contributed by atoms with E-state index in [1.807, 2.05) is 0 Å². The van der Waals surface area contributed by atoms with Crippen LogP contribution in [0.2, 0.25) is 0 Å². The Balaban J connectivity index is 2.70. The molecular formula is C10H16. The van der Waals surface area contributed by atoms with E-state index in [2.05, 4.69) is 45.1 Å². The Kier molecular flexibility index (Phi) is 1.98. The Hall–Kier alpha value is -0.520. The van der Waals surface area contributed by atoms with Crippen LogP contribution in [0.5, 0.6) is 0 Å². The lowest BCUT2D eigenvalue weighted by molar-refractivity contribution is 0.299. The van der Waals surface area contributed by atoms with Crippen LogP contribution < -0.4 is 0 Å². The van der Waals surface area contributed by atoms with Crippen LogP contribution in [0.4, 0.5) is 0 Å². The van der Waals surface area contributed by atoms with E-state index >= 15 is 0 Å². The van der Waals surface area contributed by atoms with Crippen LogP contribution >= 0.6 is 0 Å². The topological polar surface area (TPSA) is 0 Å². The quantitative estimate of drug-likeness (QED) is 0.519. The average Bonchev–Trinajstić information content (AvgIpc) is 1.89. The van der Waals surface area contributed by atoms with Crippen LogP contribution in [0.25, 0.3) is 0 Å². The molecule has 0 radical (unpaired) electrons. The molecule has 0 N–H and O–H groups in total. The number of rotatable bonds is 1. The summed E-state index contributed by atoms with van der Waals surface area (Å²) in [6.45, 7) is 6.88. The second-order valence-corrected chi connectivity index (χ2v) is 3.65. The summed E-state index contributed by atoms with van der Waals surface area (Å²) in [7, 11) is 0. The predicted molar refractivity (Wildman–Crippen MR) is 45.8 cm³/mol. The normalized spacial score (nSPS) is 31.6. The van der Waals surface area contributed by atoms with E-state index in [9.17, 15) is 0 Å². The number of hydrogen-bond acceptors (Lipinski definition) is 0. The van der Waals surface area contributed by atoms with Gasteiger partial charge in [0.25, 0.3) is 0 Å². The third-order valence-electron chi connectivity index (χ3n) is 2.60. The third kappa shape index (κ3) is 1.31. The molecule has 0 nitrogen and oxygen atoms in total. The van der Waals surface area contributed by atoms with Crippen molar-refractivity contribution in [2.45, 2.75) is 27.2 Å². The highest BCUT2D eigenvalue weighted by atomic mass is 14.3. The first-order valence-corrected chi connectivity index (χ1v) is 3.99. The lowest BCUT2D eigenvalue weighted by Gasteiger charge is -2.30. The zero-order chi connectivity index (χ0) is 7.61. The maximum Gasteiger partial charge on any atom is -0.00859 e. The van der Waals surface area contributed by atoms with Crippen molar-refractivity contribution in [1.82, 2.24) is 0 Å². The zero-order valence-electron chi connectivity index (χ0n) is 7.09. The molecule has 0 aromatic heterocycles. The van der Waals surface area contributed by atoms with Crippen molar-refractivity contribution >= 4 is 0 Å². The number of allylic oxidation sites excluding steroid dienone is 4. The van der Waals surface area contributed by atoms with E-state index in [0.717, 1.165) is 5.92 Å². The van der Waals surface area contributed by atoms with E-state index < -0.39 is 0 Å². The smallest absolute Gasteiger partial charge is 0.00859 e. The molecule has 1 aliphatic rings. The predicted octanol–water partition coefficient (Wildman–Crippen LogP) is 3.16.